The van der Waals surface area contributed by atoms with E-state index in [0.717, 1.165) is 24.0 Å². The third-order valence-electron chi connectivity index (χ3n) is 4.48. The van der Waals surface area contributed by atoms with E-state index in [1.807, 2.05) is 38.1 Å². The van der Waals surface area contributed by atoms with Crippen molar-refractivity contribution in [2.45, 2.75) is 32.7 Å². The van der Waals surface area contributed by atoms with Crippen LogP contribution in [0.4, 0.5) is 0 Å². The lowest BCUT2D eigenvalue weighted by Crippen LogP contribution is -2.33. The molecule has 1 amide bonds. The molecule has 7 heteroatoms. The van der Waals surface area contributed by atoms with E-state index in [9.17, 15) is 9.59 Å². The van der Waals surface area contributed by atoms with Crippen LogP contribution in [0.15, 0.2) is 45.9 Å². The van der Waals surface area contributed by atoms with E-state index < -0.39 is 5.97 Å². The van der Waals surface area contributed by atoms with Crippen LogP contribution in [0.3, 0.4) is 0 Å². The molecule has 0 bridgehead atoms. The van der Waals surface area contributed by atoms with Crippen molar-refractivity contribution in [3.63, 3.8) is 0 Å². The lowest BCUT2D eigenvalue weighted by atomic mass is 10.0. The van der Waals surface area contributed by atoms with Gasteiger partial charge in [-0.3, -0.25) is 9.79 Å². The predicted octanol–water partition coefficient (Wildman–Crippen LogP) is 3.18. The Balaban J connectivity index is 1.79. The molecular formula is C20H21N3O4. The third-order valence-corrected chi connectivity index (χ3v) is 4.48. The van der Waals surface area contributed by atoms with E-state index >= 15 is 0 Å². The molecule has 0 fully saturated rings. The Hall–Kier alpha value is -3.22. The zero-order valence-corrected chi connectivity index (χ0v) is 15.2. The summed E-state index contributed by atoms with van der Waals surface area (Å²) in [7, 11) is 0. The van der Waals surface area contributed by atoms with Crippen LogP contribution in [0.25, 0.3) is 17.0 Å². The van der Waals surface area contributed by atoms with Gasteiger partial charge in [0.05, 0.1) is 12.7 Å². The number of aliphatic carboxylic acids is 1. The Bertz CT molecular complexity index is 923. The molecular weight excluding hydrogens is 346 g/mol. The van der Waals surface area contributed by atoms with Crippen molar-refractivity contribution < 1.29 is 19.1 Å². The summed E-state index contributed by atoms with van der Waals surface area (Å²) in [6.07, 6.45) is 4.67. The molecule has 0 atom stereocenters. The number of carboxylic acid groups (broad SMARTS) is 1. The van der Waals surface area contributed by atoms with E-state index in [1.54, 1.807) is 6.08 Å². The molecule has 7 nitrogen and oxygen atoms in total. The van der Waals surface area contributed by atoms with Crippen molar-refractivity contribution in [1.29, 1.82) is 0 Å². The van der Waals surface area contributed by atoms with Gasteiger partial charge in [0.25, 0.3) is 5.91 Å². The SMILES string of the molecule is CCC(CC)NC(=O)c1cnc(-c2cccc(C3=CC(C(=O)O)=NC3)c2)o1. The van der Waals surface area contributed by atoms with Crippen LogP contribution in [0.1, 0.15) is 42.8 Å². The maximum Gasteiger partial charge on any atom is 0.354 e. The first-order valence-electron chi connectivity index (χ1n) is 8.87. The smallest absolute Gasteiger partial charge is 0.354 e. The van der Waals surface area contributed by atoms with Crippen molar-refractivity contribution in [3.8, 4) is 11.5 Å². The zero-order chi connectivity index (χ0) is 19.4. The van der Waals surface area contributed by atoms with Gasteiger partial charge in [-0.1, -0.05) is 26.0 Å². The third kappa shape index (κ3) is 4.13. The van der Waals surface area contributed by atoms with Gasteiger partial charge in [-0.05, 0) is 42.2 Å². The van der Waals surface area contributed by atoms with Crippen molar-refractivity contribution in [2.75, 3.05) is 6.54 Å². The van der Waals surface area contributed by atoms with Gasteiger partial charge in [-0.25, -0.2) is 9.78 Å². The molecule has 2 N–H and O–H groups in total. The summed E-state index contributed by atoms with van der Waals surface area (Å²) in [5.41, 5.74) is 2.41. The molecule has 2 aromatic rings. The highest BCUT2D eigenvalue weighted by atomic mass is 16.4. The molecule has 3 rings (SSSR count). The Morgan fingerprint density at radius 1 is 1.26 bits per heavy atom. The topological polar surface area (TPSA) is 105 Å². The van der Waals surface area contributed by atoms with E-state index in [2.05, 4.69) is 15.3 Å². The largest absolute Gasteiger partial charge is 0.477 e. The van der Waals surface area contributed by atoms with E-state index in [4.69, 9.17) is 9.52 Å². The fourth-order valence-corrected chi connectivity index (χ4v) is 2.84. The van der Waals surface area contributed by atoms with Gasteiger partial charge in [0, 0.05) is 11.6 Å². The normalized spacial score (nSPS) is 13.4. The second-order valence-electron chi connectivity index (χ2n) is 6.27. The Kier molecular flexibility index (Phi) is 5.49. The molecule has 2 heterocycles. The number of benzene rings is 1. The van der Waals surface area contributed by atoms with Crippen LogP contribution >= 0.6 is 0 Å². The van der Waals surface area contributed by atoms with Crippen LogP contribution in [-0.2, 0) is 4.79 Å². The second kappa shape index (κ2) is 7.99. The summed E-state index contributed by atoms with van der Waals surface area (Å²) in [5.74, 6) is -0.818. The molecule has 0 unspecified atom stereocenters. The molecule has 0 saturated carbocycles. The quantitative estimate of drug-likeness (QED) is 0.782. The number of nitrogens with one attached hydrogen (secondary N) is 1. The van der Waals surface area contributed by atoms with Crippen molar-refractivity contribution >= 4 is 23.2 Å². The molecule has 0 aliphatic carbocycles. The van der Waals surface area contributed by atoms with Gasteiger partial charge >= 0.3 is 5.97 Å². The first-order chi connectivity index (χ1) is 13.0. The number of oxazole rings is 1. The minimum atomic E-state index is -1.04. The van der Waals surface area contributed by atoms with Crippen LogP contribution in [-0.4, -0.2) is 40.3 Å². The second-order valence-corrected chi connectivity index (χ2v) is 6.27. The number of rotatable bonds is 7. The average Bonchev–Trinajstić information content (AvgIpc) is 3.36. The minimum Gasteiger partial charge on any atom is -0.477 e. The summed E-state index contributed by atoms with van der Waals surface area (Å²) in [5, 5.41) is 11.9. The predicted molar refractivity (Wildman–Crippen MR) is 102 cm³/mol. The molecule has 1 aromatic carbocycles. The Labute approximate surface area is 156 Å². The number of aromatic nitrogens is 1. The monoisotopic (exact) mass is 367 g/mol. The molecule has 0 spiro atoms. The van der Waals surface area contributed by atoms with Gasteiger partial charge in [-0.2, -0.15) is 0 Å². The summed E-state index contributed by atoms with van der Waals surface area (Å²) in [6, 6.07) is 7.48. The van der Waals surface area contributed by atoms with Crippen LogP contribution in [0, 0.1) is 0 Å². The fourth-order valence-electron chi connectivity index (χ4n) is 2.84. The molecule has 0 radical (unpaired) electrons. The van der Waals surface area contributed by atoms with Gasteiger partial charge in [0.2, 0.25) is 11.7 Å². The van der Waals surface area contributed by atoms with Gasteiger partial charge in [0.15, 0.2) is 0 Å². The number of hydrogen-bond donors (Lipinski definition) is 2. The minimum absolute atomic E-state index is 0.0480. The van der Waals surface area contributed by atoms with E-state index in [0.29, 0.717) is 18.0 Å². The summed E-state index contributed by atoms with van der Waals surface area (Å²) in [4.78, 5) is 31.5. The first kappa shape index (κ1) is 18.6. The number of aliphatic imine (C=N–C) groups is 1. The molecule has 1 aliphatic heterocycles. The highest BCUT2D eigenvalue weighted by Gasteiger charge is 2.18. The molecule has 0 saturated heterocycles. The van der Waals surface area contributed by atoms with E-state index in [1.165, 1.54) is 6.20 Å². The molecule has 27 heavy (non-hydrogen) atoms. The molecule has 140 valence electrons. The first-order valence-corrected chi connectivity index (χ1v) is 8.87. The van der Waals surface area contributed by atoms with E-state index in [-0.39, 0.29) is 23.4 Å². The summed E-state index contributed by atoms with van der Waals surface area (Å²) < 4.78 is 5.63. The van der Waals surface area contributed by atoms with Crippen molar-refractivity contribution in [3.05, 3.63) is 47.9 Å². The lowest BCUT2D eigenvalue weighted by molar-refractivity contribution is -0.129. The lowest BCUT2D eigenvalue weighted by Gasteiger charge is -2.12. The van der Waals surface area contributed by atoms with Crippen molar-refractivity contribution in [1.82, 2.24) is 10.3 Å². The molecule has 1 aromatic heterocycles. The zero-order valence-electron chi connectivity index (χ0n) is 15.2. The van der Waals surface area contributed by atoms with Crippen molar-refractivity contribution in [2.24, 2.45) is 4.99 Å². The van der Waals surface area contributed by atoms with Gasteiger partial charge in [-0.15, -0.1) is 0 Å². The Morgan fingerprint density at radius 3 is 2.67 bits per heavy atom. The highest BCUT2D eigenvalue weighted by molar-refractivity contribution is 6.42. The standard InChI is InChI=1S/C20H21N3O4/c1-3-15(4-2)23-18(24)17-11-22-19(27-17)13-7-5-6-12(8-13)14-9-16(20(25)26)21-10-14/h5-9,11,15H,3-4,10H2,1-2H3,(H,23,24)(H,25,26). The average molecular weight is 367 g/mol. The van der Waals surface area contributed by atoms with Gasteiger partial charge < -0.3 is 14.8 Å². The number of nitrogens with zero attached hydrogens (tertiary/aromatic N) is 2. The number of carbonyl (C=O) groups excluding carboxylic acids is 1. The number of carbonyl (C=O) groups is 2. The number of carboxylic acids is 1. The fraction of sp³-hybridized carbons (Fsp3) is 0.300. The maximum atomic E-state index is 12.3. The van der Waals surface area contributed by atoms with Crippen LogP contribution < -0.4 is 5.32 Å². The number of hydrogen-bond acceptors (Lipinski definition) is 5. The van der Waals surface area contributed by atoms with Crippen LogP contribution in [0.2, 0.25) is 0 Å². The van der Waals surface area contributed by atoms with Crippen LogP contribution in [0.5, 0.6) is 0 Å². The molecule has 1 aliphatic rings. The highest BCUT2D eigenvalue weighted by Crippen LogP contribution is 2.26. The Morgan fingerprint density at radius 2 is 2.00 bits per heavy atom. The van der Waals surface area contributed by atoms with Gasteiger partial charge in [0.1, 0.15) is 5.71 Å². The summed E-state index contributed by atoms with van der Waals surface area (Å²) >= 11 is 0. The summed E-state index contributed by atoms with van der Waals surface area (Å²) in [6.45, 7) is 4.35. The number of amides is 1. The maximum absolute atomic E-state index is 12.3.